The average Bonchev–Trinajstić information content (AvgIpc) is 3.08. The Hall–Kier alpha value is -3.08. The molecule has 1 amide bonds. The van der Waals surface area contributed by atoms with Gasteiger partial charge in [-0.25, -0.2) is 4.79 Å². The molecule has 0 aliphatic heterocycles. The van der Waals surface area contributed by atoms with E-state index in [-0.39, 0.29) is 22.7 Å². The highest BCUT2D eigenvalue weighted by atomic mass is 16.5. The van der Waals surface area contributed by atoms with Gasteiger partial charge in [0, 0.05) is 42.5 Å². The summed E-state index contributed by atoms with van der Waals surface area (Å²) in [5.74, 6) is 0.210. The van der Waals surface area contributed by atoms with E-state index < -0.39 is 0 Å². The molecule has 0 spiro atoms. The van der Waals surface area contributed by atoms with Crippen molar-refractivity contribution >= 4 is 29.3 Å². The van der Waals surface area contributed by atoms with Crippen molar-refractivity contribution in [2.75, 3.05) is 36.5 Å². The predicted octanol–water partition coefficient (Wildman–Crippen LogP) is 8.24. The highest BCUT2D eigenvalue weighted by molar-refractivity contribution is 5.98. The molecule has 0 saturated heterocycles. The van der Waals surface area contributed by atoms with E-state index in [0.717, 1.165) is 68.6 Å². The van der Waals surface area contributed by atoms with Gasteiger partial charge in [-0.05, 0) is 130 Å². The van der Waals surface area contributed by atoms with Gasteiger partial charge in [0.2, 0.25) is 5.91 Å². The summed E-state index contributed by atoms with van der Waals surface area (Å²) >= 11 is 0. The van der Waals surface area contributed by atoms with Gasteiger partial charge in [-0.2, -0.15) is 0 Å². The van der Waals surface area contributed by atoms with Crippen LogP contribution in [-0.2, 0) is 26.2 Å². The third kappa shape index (κ3) is 5.77. The van der Waals surface area contributed by atoms with Crippen LogP contribution in [0.25, 0.3) is 6.08 Å². The lowest BCUT2D eigenvalue weighted by Gasteiger charge is -2.55. The van der Waals surface area contributed by atoms with Crippen molar-refractivity contribution in [3.8, 4) is 0 Å². The molecule has 2 aromatic rings. The van der Waals surface area contributed by atoms with Crippen molar-refractivity contribution < 1.29 is 14.3 Å². The van der Waals surface area contributed by atoms with Gasteiger partial charge in [0.25, 0.3) is 0 Å². The molecule has 0 atom stereocenters. The molecule has 5 aliphatic rings. The molecule has 2 aromatic carbocycles. The molecular weight excluding hydrogens is 532 g/mol. The van der Waals surface area contributed by atoms with Crippen molar-refractivity contribution in [3.63, 3.8) is 0 Å². The fourth-order valence-electron chi connectivity index (χ4n) is 8.80. The highest BCUT2D eigenvalue weighted by Gasteiger charge is 2.50. The van der Waals surface area contributed by atoms with E-state index in [4.69, 9.17) is 4.74 Å². The maximum absolute atomic E-state index is 14.4. The lowest BCUT2D eigenvalue weighted by Crippen LogP contribution is -2.51. The molecule has 4 fully saturated rings. The first-order valence-corrected chi connectivity index (χ1v) is 17.0. The van der Waals surface area contributed by atoms with Crippen LogP contribution in [-0.4, -0.2) is 38.6 Å². The third-order valence-electron chi connectivity index (χ3n) is 11.6. The zero-order valence-electron chi connectivity index (χ0n) is 26.6. The van der Waals surface area contributed by atoms with Crippen molar-refractivity contribution in [1.29, 1.82) is 0 Å². The van der Waals surface area contributed by atoms with Crippen molar-refractivity contribution in [3.05, 3.63) is 64.7 Å². The molecule has 2 bridgehead atoms. The molecule has 5 heteroatoms. The molecular formula is C38H50N2O3. The van der Waals surface area contributed by atoms with E-state index in [1.54, 1.807) is 0 Å². The van der Waals surface area contributed by atoms with Crippen LogP contribution in [0.4, 0.5) is 11.4 Å². The smallest absolute Gasteiger partial charge is 0.333 e. The van der Waals surface area contributed by atoms with Crippen molar-refractivity contribution in [1.82, 2.24) is 0 Å². The second kappa shape index (κ2) is 12.5. The standard InChI is InChI=1S/C38H50N2O3/c1-4-39(5-2)32-17-15-31(16-18-32)38-23-20-37(21-24-38,22-25-38)27-40(35(41)28-10-7-6-8-11-28)34-13-9-12-29-26-30(36(42)43-3)14-19-33(29)34/h9,12-13,15-18,26,28H,4-8,10-11,14,19-25,27H2,1-3H3. The molecule has 0 N–H and O–H groups in total. The average molecular weight is 583 g/mol. The lowest BCUT2D eigenvalue weighted by atomic mass is 9.51. The number of hydrogen-bond donors (Lipinski definition) is 0. The predicted molar refractivity (Wildman–Crippen MR) is 175 cm³/mol. The van der Waals surface area contributed by atoms with Crippen molar-refractivity contribution in [2.45, 2.75) is 103 Å². The Morgan fingerprint density at radius 1 is 0.860 bits per heavy atom. The van der Waals surface area contributed by atoms with Gasteiger partial charge < -0.3 is 14.5 Å². The summed E-state index contributed by atoms with van der Waals surface area (Å²) in [5, 5.41) is 0. The van der Waals surface area contributed by atoms with Gasteiger partial charge in [0.15, 0.2) is 0 Å². The van der Waals surface area contributed by atoms with E-state index in [0.29, 0.717) is 12.3 Å². The molecule has 0 heterocycles. The zero-order valence-corrected chi connectivity index (χ0v) is 26.6. The SMILES string of the molecule is CCN(CC)c1ccc(C23CCC(CN(C(=O)C4CCCCC4)c4cccc5c4CCC(C(=O)OC)=C5)(CC2)CC3)cc1. The molecule has 230 valence electrons. The number of ether oxygens (including phenoxy) is 1. The van der Waals surface area contributed by atoms with Crippen LogP contribution in [0.2, 0.25) is 0 Å². The number of hydrogen-bond acceptors (Lipinski definition) is 4. The van der Waals surface area contributed by atoms with Crippen LogP contribution >= 0.6 is 0 Å². The van der Waals surface area contributed by atoms with Gasteiger partial charge in [-0.15, -0.1) is 0 Å². The first-order valence-electron chi connectivity index (χ1n) is 17.0. The minimum Gasteiger partial charge on any atom is -0.466 e. The Bertz CT molecular complexity index is 1330. The number of anilines is 2. The van der Waals surface area contributed by atoms with Gasteiger partial charge in [0.1, 0.15) is 0 Å². The number of amides is 1. The van der Waals surface area contributed by atoms with E-state index in [9.17, 15) is 9.59 Å². The Morgan fingerprint density at radius 3 is 2.16 bits per heavy atom. The van der Waals surface area contributed by atoms with Gasteiger partial charge >= 0.3 is 5.97 Å². The fraction of sp³-hybridized carbons (Fsp3) is 0.579. The van der Waals surface area contributed by atoms with E-state index in [1.807, 2.05) is 6.08 Å². The van der Waals surface area contributed by atoms with Gasteiger partial charge in [-0.3, -0.25) is 4.79 Å². The Morgan fingerprint density at radius 2 is 1.53 bits per heavy atom. The van der Waals surface area contributed by atoms with E-state index in [1.165, 1.54) is 68.9 Å². The van der Waals surface area contributed by atoms with Gasteiger partial charge in [-0.1, -0.05) is 43.5 Å². The molecule has 0 radical (unpaired) electrons. The van der Waals surface area contributed by atoms with Crippen LogP contribution in [0.5, 0.6) is 0 Å². The van der Waals surface area contributed by atoms with Crippen LogP contribution in [0, 0.1) is 11.3 Å². The quantitative estimate of drug-likeness (QED) is 0.280. The first-order chi connectivity index (χ1) is 20.9. The Labute approximate surface area is 258 Å². The second-order valence-electron chi connectivity index (χ2n) is 13.8. The van der Waals surface area contributed by atoms with Crippen LogP contribution < -0.4 is 9.80 Å². The normalized spacial score (nSPS) is 25.0. The minimum absolute atomic E-state index is 0.126. The molecule has 5 nitrogen and oxygen atoms in total. The lowest BCUT2D eigenvalue weighted by molar-refractivity contribution is -0.136. The van der Waals surface area contributed by atoms with Crippen LogP contribution in [0.15, 0.2) is 48.0 Å². The molecule has 0 aromatic heterocycles. The van der Waals surface area contributed by atoms with E-state index in [2.05, 4.69) is 66.1 Å². The molecule has 43 heavy (non-hydrogen) atoms. The number of methoxy groups -OCH3 is 1. The third-order valence-corrected chi connectivity index (χ3v) is 11.6. The Kier molecular flexibility index (Phi) is 8.71. The molecule has 7 rings (SSSR count). The number of esters is 1. The van der Waals surface area contributed by atoms with Crippen LogP contribution in [0.1, 0.15) is 108 Å². The number of benzene rings is 2. The Balaban J connectivity index is 1.26. The van der Waals surface area contributed by atoms with Crippen molar-refractivity contribution in [2.24, 2.45) is 11.3 Å². The fourth-order valence-corrected chi connectivity index (χ4v) is 8.80. The summed E-state index contributed by atoms with van der Waals surface area (Å²) in [7, 11) is 1.45. The topological polar surface area (TPSA) is 49.9 Å². The molecule has 0 unspecified atom stereocenters. The monoisotopic (exact) mass is 582 g/mol. The highest BCUT2D eigenvalue weighted by Crippen LogP contribution is 2.58. The summed E-state index contributed by atoms with van der Waals surface area (Å²) in [6.45, 7) is 7.34. The van der Waals surface area contributed by atoms with Gasteiger partial charge in [0.05, 0.1) is 7.11 Å². The summed E-state index contributed by atoms with van der Waals surface area (Å²) < 4.78 is 5.03. The molecule has 5 aliphatic carbocycles. The number of rotatable bonds is 9. The summed E-state index contributed by atoms with van der Waals surface area (Å²) in [6, 6.07) is 15.8. The number of carbonyl (C=O) groups is 2. The molecule has 4 saturated carbocycles. The van der Waals surface area contributed by atoms with E-state index >= 15 is 0 Å². The zero-order chi connectivity index (χ0) is 30.0. The largest absolute Gasteiger partial charge is 0.466 e. The van der Waals surface area contributed by atoms with Crippen LogP contribution in [0.3, 0.4) is 0 Å². The number of carbonyl (C=O) groups excluding carboxylic acids is 2. The second-order valence-corrected chi connectivity index (χ2v) is 13.8. The first kappa shape index (κ1) is 30.0. The maximum Gasteiger partial charge on any atom is 0.333 e. The minimum atomic E-state index is -0.249. The summed E-state index contributed by atoms with van der Waals surface area (Å²) in [6.07, 6.45) is 16.2. The summed E-state index contributed by atoms with van der Waals surface area (Å²) in [5.41, 5.74) is 7.36. The number of fused-ring (bicyclic) bond motifs is 4. The summed E-state index contributed by atoms with van der Waals surface area (Å²) in [4.78, 5) is 31.3. The number of nitrogens with zero attached hydrogens (tertiary/aromatic N) is 2. The maximum atomic E-state index is 14.4.